The zero-order valence-corrected chi connectivity index (χ0v) is 11.9. The molecular weight excluding hydrogens is 285 g/mol. The normalized spacial score (nSPS) is 10.0. The first-order chi connectivity index (χ1) is 10.6. The van der Waals surface area contributed by atoms with E-state index in [4.69, 9.17) is 0 Å². The molecular formula is C16H16FN3O2. The molecule has 0 fully saturated rings. The number of halogens is 1. The number of hydrogen-bond donors (Lipinski definition) is 2. The maximum atomic E-state index is 13.0. The summed E-state index contributed by atoms with van der Waals surface area (Å²) in [6.45, 7) is 0.614. The van der Waals surface area contributed by atoms with Gasteiger partial charge in [0.2, 0.25) is 5.91 Å². The van der Waals surface area contributed by atoms with Crippen LogP contribution >= 0.6 is 0 Å². The van der Waals surface area contributed by atoms with Gasteiger partial charge in [0.1, 0.15) is 5.82 Å². The summed E-state index contributed by atoms with van der Waals surface area (Å²) in [4.78, 5) is 27.2. The molecule has 2 N–H and O–H groups in total. The Labute approximate surface area is 127 Å². The summed E-state index contributed by atoms with van der Waals surface area (Å²) in [6.07, 6.45) is 3.16. The summed E-state index contributed by atoms with van der Waals surface area (Å²) < 4.78 is 13.0. The standard InChI is InChI=1S/C16H16FN3O2/c17-14-5-1-3-12(9-14)10-15(21)19-7-8-20-16(22)13-4-2-6-18-11-13/h1-6,9,11H,7-8,10H2,(H,19,21)(H,20,22). The minimum atomic E-state index is -0.367. The number of hydrogen-bond acceptors (Lipinski definition) is 3. The molecule has 0 radical (unpaired) electrons. The second-order valence-corrected chi connectivity index (χ2v) is 4.65. The van der Waals surface area contributed by atoms with E-state index in [0.29, 0.717) is 24.2 Å². The Morgan fingerprint density at radius 1 is 1.09 bits per heavy atom. The van der Waals surface area contributed by atoms with Crippen LogP contribution in [0.3, 0.4) is 0 Å². The highest BCUT2D eigenvalue weighted by molar-refractivity contribution is 5.93. The van der Waals surface area contributed by atoms with Crippen LogP contribution in [0.1, 0.15) is 15.9 Å². The van der Waals surface area contributed by atoms with Crippen LogP contribution in [0.25, 0.3) is 0 Å². The summed E-state index contributed by atoms with van der Waals surface area (Å²) in [5.41, 5.74) is 1.07. The Hall–Kier alpha value is -2.76. The molecule has 1 aromatic heterocycles. The largest absolute Gasteiger partial charge is 0.354 e. The number of benzene rings is 1. The number of amides is 2. The molecule has 2 amide bonds. The topological polar surface area (TPSA) is 71.1 Å². The molecule has 2 aromatic rings. The molecule has 5 nitrogen and oxygen atoms in total. The van der Waals surface area contributed by atoms with E-state index in [1.807, 2.05) is 0 Å². The number of aromatic nitrogens is 1. The molecule has 0 unspecified atom stereocenters. The molecule has 22 heavy (non-hydrogen) atoms. The molecule has 0 saturated heterocycles. The van der Waals surface area contributed by atoms with Crippen molar-refractivity contribution in [1.29, 1.82) is 0 Å². The minimum absolute atomic E-state index is 0.105. The van der Waals surface area contributed by atoms with Crippen molar-refractivity contribution >= 4 is 11.8 Å². The van der Waals surface area contributed by atoms with Crippen molar-refractivity contribution in [2.45, 2.75) is 6.42 Å². The number of rotatable bonds is 6. The van der Waals surface area contributed by atoms with E-state index in [2.05, 4.69) is 15.6 Å². The second-order valence-electron chi connectivity index (χ2n) is 4.65. The lowest BCUT2D eigenvalue weighted by Crippen LogP contribution is -2.35. The van der Waals surface area contributed by atoms with Gasteiger partial charge in [-0.25, -0.2) is 4.39 Å². The van der Waals surface area contributed by atoms with Gasteiger partial charge < -0.3 is 10.6 Å². The van der Waals surface area contributed by atoms with Gasteiger partial charge in [-0.15, -0.1) is 0 Å². The van der Waals surface area contributed by atoms with Crippen LogP contribution in [-0.4, -0.2) is 29.9 Å². The van der Waals surface area contributed by atoms with Gasteiger partial charge in [-0.05, 0) is 29.8 Å². The van der Waals surface area contributed by atoms with Gasteiger partial charge in [-0.1, -0.05) is 12.1 Å². The van der Waals surface area contributed by atoms with Crippen molar-refractivity contribution in [2.75, 3.05) is 13.1 Å². The van der Waals surface area contributed by atoms with E-state index < -0.39 is 0 Å². The van der Waals surface area contributed by atoms with Crippen molar-refractivity contribution in [3.63, 3.8) is 0 Å². The van der Waals surface area contributed by atoms with Crippen LogP contribution in [0.15, 0.2) is 48.8 Å². The van der Waals surface area contributed by atoms with Gasteiger partial charge in [-0.3, -0.25) is 14.6 Å². The zero-order valence-electron chi connectivity index (χ0n) is 11.9. The third-order valence-corrected chi connectivity index (χ3v) is 2.91. The number of carbonyl (C=O) groups excluding carboxylic acids is 2. The highest BCUT2D eigenvalue weighted by Crippen LogP contribution is 2.03. The molecule has 1 heterocycles. The van der Waals surface area contributed by atoms with Crippen LogP contribution in [0, 0.1) is 5.82 Å². The molecule has 0 saturated carbocycles. The molecule has 0 aliphatic heterocycles. The van der Waals surface area contributed by atoms with E-state index in [1.165, 1.54) is 18.3 Å². The molecule has 114 valence electrons. The monoisotopic (exact) mass is 301 g/mol. The van der Waals surface area contributed by atoms with Crippen molar-refractivity contribution in [2.24, 2.45) is 0 Å². The van der Waals surface area contributed by atoms with Crippen LogP contribution in [0.2, 0.25) is 0 Å². The average Bonchev–Trinajstić information content (AvgIpc) is 2.52. The smallest absolute Gasteiger partial charge is 0.252 e. The van der Waals surface area contributed by atoms with Gasteiger partial charge in [0.15, 0.2) is 0 Å². The SMILES string of the molecule is O=C(Cc1cccc(F)c1)NCCNC(=O)c1cccnc1. The number of nitrogens with one attached hydrogen (secondary N) is 2. The first-order valence-corrected chi connectivity index (χ1v) is 6.84. The quantitative estimate of drug-likeness (QED) is 0.790. The van der Waals surface area contributed by atoms with E-state index in [0.717, 1.165) is 0 Å². The molecule has 2 rings (SSSR count). The molecule has 1 aromatic carbocycles. The summed E-state index contributed by atoms with van der Waals surface area (Å²) in [5.74, 6) is -0.831. The molecule has 0 aliphatic rings. The Balaban J connectivity index is 1.68. The average molecular weight is 301 g/mol. The number of carbonyl (C=O) groups is 2. The predicted octanol–water partition coefficient (Wildman–Crippen LogP) is 1.31. The fourth-order valence-electron chi connectivity index (χ4n) is 1.87. The Morgan fingerprint density at radius 2 is 1.91 bits per heavy atom. The molecule has 0 atom stereocenters. The van der Waals surface area contributed by atoms with Gasteiger partial charge in [-0.2, -0.15) is 0 Å². The predicted molar refractivity (Wildman–Crippen MR) is 79.7 cm³/mol. The van der Waals surface area contributed by atoms with Gasteiger partial charge in [0.25, 0.3) is 5.91 Å². The molecule has 0 spiro atoms. The van der Waals surface area contributed by atoms with Crippen LogP contribution < -0.4 is 10.6 Å². The summed E-state index contributed by atoms with van der Waals surface area (Å²) in [6, 6.07) is 9.23. The summed E-state index contributed by atoms with van der Waals surface area (Å²) in [5, 5.41) is 5.34. The minimum Gasteiger partial charge on any atom is -0.354 e. The Morgan fingerprint density at radius 3 is 2.64 bits per heavy atom. The number of pyridine rings is 1. The van der Waals surface area contributed by atoms with Gasteiger partial charge in [0.05, 0.1) is 12.0 Å². The maximum absolute atomic E-state index is 13.0. The fourth-order valence-corrected chi connectivity index (χ4v) is 1.87. The van der Waals surface area contributed by atoms with Crippen molar-refractivity contribution in [1.82, 2.24) is 15.6 Å². The van der Waals surface area contributed by atoms with E-state index in [-0.39, 0.29) is 24.1 Å². The third-order valence-electron chi connectivity index (χ3n) is 2.91. The van der Waals surface area contributed by atoms with Crippen molar-refractivity contribution in [3.8, 4) is 0 Å². The van der Waals surface area contributed by atoms with E-state index in [1.54, 1.807) is 30.5 Å². The molecule has 0 aliphatic carbocycles. The fraction of sp³-hybridized carbons (Fsp3) is 0.188. The van der Waals surface area contributed by atoms with E-state index >= 15 is 0 Å². The second kappa shape index (κ2) is 7.87. The first kappa shape index (κ1) is 15.6. The van der Waals surface area contributed by atoms with Crippen LogP contribution in [-0.2, 0) is 11.2 Å². The summed E-state index contributed by atoms with van der Waals surface area (Å²) >= 11 is 0. The van der Waals surface area contributed by atoms with Crippen molar-refractivity contribution < 1.29 is 14.0 Å². The summed E-state index contributed by atoms with van der Waals surface area (Å²) in [7, 11) is 0. The van der Waals surface area contributed by atoms with Gasteiger partial charge in [0, 0.05) is 25.5 Å². The number of nitrogens with zero attached hydrogens (tertiary/aromatic N) is 1. The lowest BCUT2D eigenvalue weighted by molar-refractivity contribution is -0.120. The van der Waals surface area contributed by atoms with E-state index in [9.17, 15) is 14.0 Å². The van der Waals surface area contributed by atoms with Crippen LogP contribution in [0.5, 0.6) is 0 Å². The first-order valence-electron chi connectivity index (χ1n) is 6.84. The van der Waals surface area contributed by atoms with Gasteiger partial charge >= 0.3 is 0 Å². The Bertz CT molecular complexity index is 647. The lowest BCUT2D eigenvalue weighted by Gasteiger charge is -2.07. The molecule has 6 heteroatoms. The Kier molecular flexibility index (Phi) is 5.59. The third kappa shape index (κ3) is 4.97. The lowest BCUT2D eigenvalue weighted by atomic mass is 10.1. The molecule has 0 bridgehead atoms. The zero-order chi connectivity index (χ0) is 15.8. The highest BCUT2D eigenvalue weighted by Gasteiger charge is 2.06. The maximum Gasteiger partial charge on any atom is 0.252 e. The van der Waals surface area contributed by atoms with Crippen molar-refractivity contribution in [3.05, 3.63) is 65.7 Å². The highest BCUT2D eigenvalue weighted by atomic mass is 19.1. The van der Waals surface area contributed by atoms with Crippen LogP contribution in [0.4, 0.5) is 4.39 Å².